The van der Waals surface area contributed by atoms with E-state index in [-0.39, 0.29) is 5.91 Å². The van der Waals surface area contributed by atoms with E-state index in [0.29, 0.717) is 27.9 Å². The van der Waals surface area contributed by atoms with Crippen LogP contribution < -0.4 is 10.1 Å². The molecule has 2 rings (SSSR count). The quantitative estimate of drug-likeness (QED) is 0.929. The first kappa shape index (κ1) is 15.1. The highest BCUT2D eigenvalue weighted by atomic mass is 35.5. The number of carbonyl (C=O) groups excluding carboxylic acids is 1. The summed E-state index contributed by atoms with van der Waals surface area (Å²) in [7, 11) is 1.47. The van der Waals surface area contributed by atoms with Crippen LogP contribution in [0.4, 0.5) is 0 Å². The van der Waals surface area contributed by atoms with Gasteiger partial charge in [-0.15, -0.1) is 11.3 Å². The van der Waals surface area contributed by atoms with E-state index in [9.17, 15) is 4.79 Å². The van der Waals surface area contributed by atoms with E-state index in [0.717, 1.165) is 10.7 Å². The van der Waals surface area contributed by atoms with Crippen molar-refractivity contribution in [2.45, 2.75) is 13.5 Å². The maximum Gasteiger partial charge on any atom is 0.251 e. The number of methoxy groups -OCH3 is 1. The Labute approximate surface area is 130 Å². The van der Waals surface area contributed by atoms with Gasteiger partial charge < -0.3 is 10.1 Å². The lowest BCUT2D eigenvalue weighted by Crippen LogP contribution is -2.22. The molecule has 0 atom stereocenters. The number of benzene rings is 1. The Bertz CT molecular complexity index is 620. The minimum atomic E-state index is -0.260. The predicted molar refractivity (Wildman–Crippen MR) is 81.0 cm³/mol. The van der Waals surface area contributed by atoms with Gasteiger partial charge >= 0.3 is 0 Å². The number of nitrogens with zero attached hydrogens (tertiary/aromatic N) is 1. The lowest BCUT2D eigenvalue weighted by molar-refractivity contribution is 0.0951. The first-order valence-corrected chi connectivity index (χ1v) is 7.37. The molecule has 2 aromatic rings. The molecule has 0 saturated heterocycles. The van der Waals surface area contributed by atoms with Crippen LogP contribution in [0.2, 0.25) is 10.0 Å². The van der Waals surface area contributed by atoms with Crippen LogP contribution in [0, 0.1) is 6.92 Å². The van der Waals surface area contributed by atoms with Gasteiger partial charge in [-0.2, -0.15) is 0 Å². The maximum absolute atomic E-state index is 12.0. The summed E-state index contributed by atoms with van der Waals surface area (Å²) in [6.07, 6.45) is 0. The van der Waals surface area contributed by atoms with Crippen LogP contribution in [0.1, 0.15) is 21.1 Å². The maximum atomic E-state index is 12.0. The molecule has 0 spiro atoms. The van der Waals surface area contributed by atoms with Gasteiger partial charge in [0.25, 0.3) is 5.91 Å². The molecule has 1 heterocycles. The van der Waals surface area contributed by atoms with Crippen molar-refractivity contribution < 1.29 is 9.53 Å². The van der Waals surface area contributed by atoms with E-state index in [1.54, 1.807) is 0 Å². The molecule has 0 fully saturated rings. The average Bonchev–Trinajstić information content (AvgIpc) is 2.81. The molecule has 1 aromatic carbocycles. The molecule has 0 bridgehead atoms. The summed E-state index contributed by atoms with van der Waals surface area (Å²) in [6.45, 7) is 2.28. The van der Waals surface area contributed by atoms with Crippen LogP contribution >= 0.6 is 34.5 Å². The molecule has 0 aliphatic heterocycles. The lowest BCUT2D eigenvalue weighted by Gasteiger charge is -2.08. The SMILES string of the molecule is COc1c(Cl)cc(C(=O)NCc2nc(C)cs2)cc1Cl. The van der Waals surface area contributed by atoms with Crippen molar-refractivity contribution >= 4 is 40.4 Å². The molecule has 0 saturated carbocycles. The second-order valence-electron chi connectivity index (χ2n) is 4.04. The van der Waals surface area contributed by atoms with Gasteiger partial charge in [0.15, 0.2) is 5.75 Å². The van der Waals surface area contributed by atoms with E-state index >= 15 is 0 Å². The number of rotatable bonds is 4. The van der Waals surface area contributed by atoms with Gasteiger partial charge in [0.1, 0.15) is 5.01 Å². The summed E-state index contributed by atoms with van der Waals surface area (Å²) < 4.78 is 5.04. The summed E-state index contributed by atoms with van der Waals surface area (Å²) in [5.41, 5.74) is 1.32. The average molecular weight is 331 g/mol. The van der Waals surface area contributed by atoms with Gasteiger partial charge in [-0.25, -0.2) is 4.98 Å². The number of hydrogen-bond donors (Lipinski definition) is 1. The zero-order valence-corrected chi connectivity index (χ0v) is 13.2. The molecule has 4 nitrogen and oxygen atoms in total. The second kappa shape index (κ2) is 6.43. The van der Waals surface area contributed by atoms with Gasteiger partial charge in [-0.1, -0.05) is 23.2 Å². The van der Waals surface area contributed by atoms with Crippen molar-refractivity contribution in [3.63, 3.8) is 0 Å². The number of nitrogens with one attached hydrogen (secondary N) is 1. The molecule has 7 heteroatoms. The van der Waals surface area contributed by atoms with Gasteiger partial charge in [0.05, 0.1) is 23.7 Å². The highest BCUT2D eigenvalue weighted by molar-refractivity contribution is 7.09. The zero-order valence-electron chi connectivity index (χ0n) is 10.9. The molecule has 0 unspecified atom stereocenters. The van der Waals surface area contributed by atoms with Gasteiger partial charge in [0.2, 0.25) is 0 Å². The summed E-state index contributed by atoms with van der Waals surface area (Å²) >= 11 is 13.5. The molecule has 106 valence electrons. The Morgan fingerprint density at radius 1 is 1.40 bits per heavy atom. The normalized spacial score (nSPS) is 10.4. The molecule has 0 aliphatic carbocycles. The van der Waals surface area contributed by atoms with Crippen LogP contribution in [0.3, 0.4) is 0 Å². The first-order chi connectivity index (χ1) is 9.51. The lowest BCUT2D eigenvalue weighted by atomic mass is 10.2. The highest BCUT2D eigenvalue weighted by Gasteiger charge is 2.13. The number of aryl methyl sites for hydroxylation is 1. The number of carbonyl (C=O) groups is 1. The molecular weight excluding hydrogens is 319 g/mol. The summed E-state index contributed by atoms with van der Waals surface area (Å²) in [5.74, 6) is 0.102. The van der Waals surface area contributed by atoms with Crippen molar-refractivity contribution in [3.05, 3.63) is 43.8 Å². The Hall–Kier alpha value is -1.30. The topological polar surface area (TPSA) is 51.2 Å². The smallest absolute Gasteiger partial charge is 0.251 e. The van der Waals surface area contributed by atoms with Crippen molar-refractivity contribution in [2.24, 2.45) is 0 Å². The van der Waals surface area contributed by atoms with E-state index in [1.165, 1.54) is 30.6 Å². The minimum Gasteiger partial charge on any atom is -0.494 e. The van der Waals surface area contributed by atoms with E-state index < -0.39 is 0 Å². The standard InChI is InChI=1S/C13H12Cl2N2O2S/c1-7-6-20-11(17-7)5-16-13(18)8-3-9(14)12(19-2)10(15)4-8/h3-4,6H,5H2,1-2H3,(H,16,18). The van der Waals surface area contributed by atoms with Crippen molar-refractivity contribution in [2.75, 3.05) is 7.11 Å². The van der Waals surface area contributed by atoms with Gasteiger partial charge in [0, 0.05) is 16.6 Å². The van der Waals surface area contributed by atoms with Crippen LogP contribution in [0.5, 0.6) is 5.75 Å². The number of aromatic nitrogens is 1. The Morgan fingerprint density at radius 2 is 2.05 bits per heavy atom. The fraction of sp³-hybridized carbons (Fsp3) is 0.231. The van der Waals surface area contributed by atoms with E-state index in [2.05, 4.69) is 10.3 Å². The fourth-order valence-electron chi connectivity index (χ4n) is 1.63. The molecule has 1 aromatic heterocycles. The summed E-state index contributed by atoms with van der Waals surface area (Å²) in [4.78, 5) is 16.3. The van der Waals surface area contributed by atoms with Crippen LogP contribution in [-0.2, 0) is 6.54 Å². The third kappa shape index (κ3) is 3.42. The predicted octanol–water partition coefficient (Wildman–Crippen LogP) is 3.70. The zero-order chi connectivity index (χ0) is 14.7. The monoisotopic (exact) mass is 330 g/mol. The van der Waals surface area contributed by atoms with Crippen molar-refractivity contribution in [1.29, 1.82) is 0 Å². The molecular formula is C13H12Cl2N2O2S. The van der Waals surface area contributed by atoms with E-state index in [1.807, 2.05) is 12.3 Å². The Kier molecular flexibility index (Phi) is 4.86. The number of thiazole rings is 1. The summed E-state index contributed by atoms with van der Waals surface area (Å²) in [6, 6.07) is 3.05. The molecule has 1 N–H and O–H groups in total. The molecule has 0 radical (unpaired) electrons. The van der Waals surface area contributed by atoms with Crippen LogP contribution in [-0.4, -0.2) is 18.0 Å². The van der Waals surface area contributed by atoms with Gasteiger partial charge in [-0.3, -0.25) is 4.79 Å². The van der Waals surface area contributed by atoms with Crippen molar-refractivity contribution in [3.8, 4) is 5.75 Å². The third-order valence-corrected chi connectivity index (χ3v) is 4.06. The van der Waals surface area contributed by atoms with E-state index in [4.69, 9.17) is 27.9 Å². The Morgan fingerprint density at radius 3 is 2.55 bits per heavy atom. The third-order valence-electron chi connectivity index (χ3n) is 2.53. The first-order valence-electron chi connectivity index (χ1n) is 5.73. The summed E-state index contributed by atoms with van der Waals surface area (Å²) in [5, 5.41) is 6.16. The highest BCUT2D eigenvalue weighted by Crippen LogP contribution is 2.33. The minimum absolute atomic E-state index is 0.260. The number of ether oxygens (including phenoxy) is 1. The Balaban J connectivity index is 2.09. The fourth-order valence-corrected chi connectivity index (χ4v) is 2.98. The molecule has 20 heavy (non-hydrogen) atoms. The molecule has 1 amide bonds. The van der Waals surface area contributed by atoms with Crippen molar-refractivity contribution in [1.82, 2.24) is 10.3 Å². The molecule has 0 aliphatic rings. The number of halogens is 2. The van der Waals surface area contributed by atoms with Gasteiger partial charge in [-0.05, 0) is 19.1 Å². The van der Waals surface area contributed by atoms with Crippen LogP contribution in [0.25, 0.3) is 0 Å². The number of hydrogen-bond acceptors (Lipinski definition) is 4. The second-order valence-corrected chi connectivity index (χ2v) is 5.80. The largest absolute Gasteiger partial charge is 0.494 e. The van der Waals surface area contributed by atoms with Crippen LogP contribution in [0.15, 0.2) is 17.5 Å². The number of amides is 1.